The second-order valence-electron chi connectivity index (χ2n) is 6.31. The lowest BCUT2D eigenvalue weighted by Gasteiger charge is -2.43. The molecule has 3 rings (SSSR count). The van der Waals surface area contributed by atoms with E-state index in [1.165, 1.54) is 16.7 Å². The number of benzene rings is 1. The van der Waals surface area contributed by atoms with Crippen molar-refractivity contribution in [3.63, 3.8) is 0 Å². The molecule has 2 fully saturated rings. The molecule has 0 bridgehead atoms. The first-order chi connectivity index (χ1) is 10.8. The van der Waals surface area contributed by atoms with E-state index < -0.39 is 22.8 Å². The van der Waals surface area contributed by atoms with Gasteiger partial charge in [0.1, 0.15) is 17.5 Å². The number of hydrogen-bond donors (Lipinski definition) is 2. The highest BCUT2D eigenvalue weighted by Crippen LogP contribution is 2.50. The highest BCUT2D eigenvalue weighted by molar-refractivity contribution is 8.01. The lowest BCUT2D eigenvalue weighted by molar-refractivity contribution is -0.161. The molecule has 7 heteroatoms. The summed E-state index contributed by atoms with van der Waals surface area (Å²) in [6, 6.07) is 7.78. The summed E-state index contributed by atoms with van der Waals surface area (Å²) in [6.45, 7) is 3.62. The van der Waals surface area contributed by atoms with E-state index in [0.29, 0.717) is 0 Å². The number of amides is 2. The van der Waals surface area contributed by atoms with Gasteiger partial charge in [-0.25, -0.2) is 4.79 Å². The van der Waals surface area contributed by atoms with E-state index in [1.807, 2.05) is 44.2 Å². The van der Waals surface area contributed by atoms with Gasteiger partial charge in [0, 0.05) is 4.75 Å². The third-order valence-corrected chi connectivity index (χ3v) is 5.77. The number of β-lactam (4-membered cyclic amide) rings is 1. The van der Waals surface area contributed by atoms with Crippen LogP contribution in [0.3, 0.4) is 0 Å². The van der Waals surface area contributed by atoms with Crippen molar-refractivity contribution in [2.75, 3.05) is 0 Å². The average molecular weight is 334 g/mol. The maximum Gasteiger partial charge on any atom is 0.327 e. The monoisotopic (exact) mass is 334 g/mol. The third-order valence-electron chi connectivity index (χ3n) is 4.20. The van der Waals surface area contributed by atoms with Crippen LogP contribution >= 0.6 is 11.8 Å². The molecule has 0 spiro atoms. The normalized spacial score (nSPS) is 28.0. The van der Waals surface area contributed by atoms with E-state index in [0.717, 1.165) is 5.56 Å². The first kappa shape index (κ1) is 15.9. The van der Waals surface area contributed by atoms with E-state index >= 15 is 0 Å². The number of aliphatic carboxylic acids is 1. The summed E-state index contributed by atoms with van der Waals surface area (Å²) in [7, 11) is 0. The minimum absolute atomic E-state index is 0.202. The fourth-order valence-electron chi connectivity index (χ4n) is 3.15. The van der Waals surface area contributed by atoms with Gasteiger partial charge in [0.25, 0.3) is 0 Å². The number of nitrogens with zero attached hydrogens (tertiary/aromatic N) is 1. The first-order valence-corrected chi connectivity index (χ1v) is 8.25. The molecule has 0 saturated carbocycles. The smallest absolute Gasteiger partial charge is 0.327 e. The molecule has 2 N–H and O–H groups in total. The second kappa shape index (κ2) is 5.56. The summed E-state index contributed by atoms with van der Waals surface area (Å²) in [5.41, 5.74) is 0.872. The van der Waals surface area contributed by atoms with Crippen molar-refractivity contribution < 1.29 is 19.5 Å². The van der Waals surface area contributed by atoms with Crippen LogP contribution in [0, 0.1) is 0 Å². The molecule has 1 unspecified atom stereocenters. The standard InChI is InChI=1S/C16H18N2O4S/c1-16(2)12(15(21)22)18-13(20)11(14(18)23-16)17-10(19)8-9-6-4-3-5-7-9/h3-7,11-12,14H,8H2,1-2H3,(H,17,19)(H,21,22)/t11-,12?,14-/m1/s1. The van der Waals surface area contributed by atoms with Gasteiger partial charge < -0.3 is 15.3 Å². The van der Waals surface area contributed by atoms with Crippen molar-refractivity contribution in [2.24, 2.45) is 0 Å². The summed E-state index contributed by atoms with van der Waals surface area (Å²) in [4.78, 5) is 37.2. The Hall–Kier alpha value is -2.02. The SMILES string of the molecule is CC1(C)S[C@@H]2[C@H](NC(=O)Cc3ccccc3)C(=O)N2C1C(=O)O. The molecule has 1 aromatic carbocycles. The van der Waals surface area contributed by atoms with E-state index in [9.17, 15) is 19.5 Å². The molecule has 1 aromatic rings. The number of carboxylic acids is 1. The summed E-state index contributed by atoms with van der Waals surface area (Å²) < 4.78 is -0.578. The number of carbonyl (C=O) groups excluding carboxylic acids is 2. The molecule has 2 aliphatic heterocycles. The van der Waals surface area contributed by atoms with Gasteiger partial charge in [-0.05, 0) is 19.4 Å². The average Bonchev–Trinajstić information content (AvgIpc) is 2.74. The highest BCUT2D eigenvalue weighted by atomic mass is 32.2. The molecular formula is C16H18N2O4S. The Bertz CT molecular complexity index is 661. The zero-order valence-electron chi connectivity index (χ0n) is 12.9. The molecular weight excluding hydrogens is 316 g/mol. The van der Waals surface area contributed by atoms with E-state index in [-0.39, 0.29) is 23.6 Å². The number of carbonyl (C=O) groups is 3. The summed E-state index contributed by atoms with van der Waals surface area (Å²) in [5, 5.41) is 11.8. The van der Waals surface area contributed by atoms with Crippen molar-refractivity contribution in [3.05, 3.63) is 35.9 Å². The van der Waals surface area contributed by atoms with Crippen LogP contribution in [0.1, 0.15) is 19.4 Å². The maximum absolute atomic E-state index is 12.3. The van der Waals surface area contributed by atoms with Crippen LogP contribution < -0.4 is 5.32 Å². The molecule has 2 aliphatic rings. The predicted octanol–water partition coefficient (Wildman–Crippen LogP) is 0.861. The minimum Gasteiger partial charge on any atom is -0.480 e. The minimum atomic E-state index is -1.01. The maximum atomic E-state index is 12.3. The lowest BCUT2D eigenvalue weighted by Crippen LogP contribution is -2.70. The number of nitrogens with one attached hydrogen (secondary N) is 1. The third kappa shape index (κ3) is 2.69. The molecule has 3 atom stereocenters. The Morgan fingerprint density at radius 3 is 2.57 bits per heavy atom. The molecule has 6 nitrogen and oxygen atoms in total. The molecule has 0 aromatic heterocycles. The largest absolute Gasteiger partial charge is 0.480 e. The van der Waals surface area contributed by atoms with Crippen LogP contribution in [-0.4, -0.2) is 50.0 Å². The molecule has 2 amide bonds. The zero-order valence-corrected chi connectivity index (χ0v) is 13.7. The lowest BCUT2D eigenvalue weighted by atomic mass is 9.96. The topological polar surface area (TPSA) is 86.7 Å². The number of rotatable bonds is 4. The Morgan fingerprint density at radius 1 is 1.30 bits per heavy atom. The van der Waals surface area contributed by atoms with Crippen molar-refractivity contribution in [1.29, 1.82) is 0 Å². The van der Waals surface area contributed by atoms with Crippen LogP contribution in [0.4, 0.5) is 0 Å². The quantitative estimate of drug-likeness (QED) is 0.798. The second-order valence-corrected chi connectivity index (χ2v) is 8.08. The van der Waals surface area contributed by atoms with E-state index in [2.05, 4.69) is 5.32 Å². The van der Waals surface area contributed by atoms with Gasteiger partial charge in [-0.15, -0.1) is 11.8 Å². The summed E-state index contributed by atoms with van der Waals surface area (Å²) >= 11 is 1.42. The van der Waals surface area contributed by atoms with Crippen LogP contribution in [0.5, 0.6) is 0 Å². The van der Waals surface area contributed by atoms with Crippen LogP contribution in [-0.2, 0) is 20.8 Å². The summed E-state index contributed by atoms with van der Waals surface area (Å²) in [6.07, 6.45) is 0.202. The van der Waals surface area contributed by atoms with E-state index in [1.54, 1.807) is 0 Å². The Balaban J connectivity index is 1.66. The number of hydrogen-bond acceptors (Lipinski definition) is 4. The van der Waals surface area contributed by atoms with Crippen LogP contribution in [0.25, 0.3) is 0 Å². The van der Waals surface area contributed by atoms with Gasteiger partial charge >= 0.3 is 5.97 Å². The van der Waals surface area contributed by atoms with E-state index in [4.69, 9.17) is 0 Å². The van der Waals surface area contributed by atoms with Gasteiger partial charge in [-0.2, -0.15) is 0 Å². The molecule has 2 heterocycles. The fraction of sp³-hybridized carbons (Fsp3) is 0.438. The van der Waals surface area contributed by atoms with Gasteiger partial charge in [0.05, 0.1) is 6.42 Å². The van der Waals surface area contributed by atoms with Crippen molar-refractivity contribution in [2.45, 2.75) is 42.5 Å². The van der Waals surface area contributed by atoms with Crippen molar-refractivity contribution >= 4 is 29.5 Å². The number of fused-ring (bicyclic) bond motifs is 1. The van der Waals surface area contributed by atoms with Crippen LogP contribution in [0.15, 0.2) is 30.3 Å². The van der Waals surface area contributed by atoms with Gasteiger partial charge in [0.2, 0.25) is 11.8 Å². The zero-order chi connectivity index (χ0) is 16.8. The molecule has 0 radical (unpaired) electrons. The Kier molecular flexibility index (Phi) is 3.83. The van der Waals surface area contributed by atoms with Crippen molar-refractivity contribution in [1.82, 2.24) is 10.2 Å². The Morgan fingerprint density at radius 2 is 1.96 bits per heavy atom. The fourth-order valence-corrected chi connectivity index (χ4v) is 4.78. The molecule has 2 saturated heterocycles. The van der Waals surface area contributed by atoms with Crippen molar-refractivity contribution in [3.8, 4) is 0 Å². The first-order valence-electron chi connectivity index (χ1n) is 7.37. The number of thioether (sulfide) groups is 1. The number of carboxylic acid groups (broad SMARTS) is 1. The summed E-state index contributed by atoms with van der Waals surface area (Å²) in [5.74, 6) is -1.55. The molecule has 23 heavy (non-hydrogen) atoms. The molecule has 0 aliphatic carbocycles. The highest BCUT2D eigenvalue weighted by Gasteiger charge is 2.64. The van der Waals surface area contributed by atoms with Crippen LogP contribution in [0.2, 0.25) is 0 Å². The molecule has 122 valence electrons. The van der Waals surface area contributed by atoms with Gasteiger partial charge in [-0.1, -0.05) is 30.3 Å². The van der Waals surface area contributed by atoms with Gasteiger partial charge in [0.15, 0.2) is 0 Å². The van der Waals surface area contributed by atoms with Gasteiger partial charge in [-0.3, -0.25) is 9.59 Å². The Labute approximate surface area is 138 Å². The predicted molar refractivity (Wildman–Crippen MR) is 85.8 cm³/mol.